The van der Waals surface area contributed by atoms with Crippen LogP contribution < -0.4 is 9.64 Å². The lowest BCUT2D eigenvalue weighted by molar-refractivity contribution is 0.0732. The molecule has 1 aliphatic heterocycles. The molecule has 7 nitrogen and oxygen atoms in total. The van der Waals surface area contributed by atoms with E-state index in [1.165, 1.54) is 0 Å². The summed E-state index contributed by atoms with van der Waals surface area (Å²) in [6.07, 6.45) is 2.95. The summed E-state index contributed by atoms with van der Waals surface area (Å²) in [6.45, 7) is 2.73. The number of rotatable bonds is 4. The number of methoxy groups -OCH3 is 1. The van der Waals surface area contributed by atoms with Crippen molar-refractivity contribution in [3.8, 4) is 5.75 Å². The molecule has 0 radical (unpaired) electrons. The number of benzene rings is 1. The van der Waals surface area contributed by atoms with Gasteiger partial charge in [0.2, 0.25) is 0 Å². The van der Waals surface area contributed by atoms with Crippen LogP contribution in [0.25, 0.3) is 0 Å². The zero-order chi connectivity index (χ0) is 18.8. The number of nitrogens with zero attached hydrogens (tertiary/aromatic N) is 4. The molecule has 1 aromatic heterocycles. The van der Waals surface area contributed by atoms with E-state index in [1.54, 1.807) is 19.5 Å². The van der Waals surface area contributed by atoms with Crippen LogP contribution >= 0.6 is 0 Å². The highest BCUT2D eigenvalue weighted by Gasteiger charge is 2.30. The summed E-state index contributed by atoms with van der Waals surface area (Å²) in [4.78, 5) is 25.6. The van der Waals surface area contributed by atoms with Gasteiger partial charge in [-0.1, -0.05) is 12.1 Å². The Morgan fingerprint density at radius 1 is 1.15 bits per heavy atom. The summed E-state index contributed by atoms with van der Waals surface area (Å²) in [5.74, 6) is 1.83. The maximum atomic E-state index is 12.8. The number of amides is 1. The van der Waals surface area contributed by atoms with Crippen molar-refractivity contribution in [2.45, 2.75) is 24.9 Å². The van der Waals surface area contributed by atoms with E-state index in [9.17, 15) is 9.90 Å². The van der Waals surface area contributed by atoms with Crippen LogP contribution in [0.1, 0.15) is 34.8 Å². The second-order valence-electron chi connectivity index (χ2n) is 7.10. The molecular formula is C20H24N4O3. The summed E-state index contributed by atoms with van der Waals surface area (Å²) in [7, 11) is 1.58. The monoisotopic (exact) mass is 368 g/mol. The van der Waals surface area contributed by atoms with Gasteiger partial charge in [-0.15, -0.1) is 0 Å². The van der Waals surface area contributed by atoms with Gasteiger partial charge < -0.3 is 19.6 Å². The maximum absolute atomic E-state index is 12.8. The zero-order valence-electron chi connectivity index (χ0n) is 15.4. The van der Waals surface area contributed by atoms with Gasteiger partial charge in [-0.3, -0.25) is 4.79 Å². The van der Waals surface area contributed by atoms with Crippen LogP contribution in [0.5, 0.6) is 5.75 Å². The fourth-order valence-corrected chi connectivity index (χ4v) is 3.72. The molecule has 4 rings (SSSR count). The first kappa shape index (κ1) is 17.7. The van der Waals surface area contributed by atoms with Crippen LogP contribution in [0.2, 0.25) is 0 Å². The molecule has 0 atom stereocenters. The Labute approximate surface area is 158 Å². The maximum Gasteiger partial charge on any atom is 0.257 e. The van der Waals surface area contributed by atoms with Crippen molar-refractivity contribution in [2.24, 2.45) is 0 Å². The summed E-state index contributed by atoms with van der Waals surface area (Å²) in [6, 6.07) is 9.35. The smallest absolute Gasteiger partial charge is 0.257 e. The van der Waals surface area contributed by atoms with Gasteiger partial charge in [0.05, 0.1) is 18.8 Å². The van der Waals surface area contributed by atoms with E-state index in [4.69, 9.17) is 4.74 Å². The van der Waals surface area contributed by atoms with E-state index >= 15 is 0 Å². The first-order chi connectivity index (χ1) is 13.2. The van der Waals surface area contributed by atoms with Crippen molar-refractivity contribution in [1.82, 2.24) is 14.9 Å². The van der Waals surface area contributed by atoms with Crippen molar-refractivity contribution in [2.75, 3.05) is 38.2 Å². The SMILES string of the molecule is COc1ccccc1C(=O)N1CCN(c2cc(C3CC(O)C3)ncn2)CC1. The number of para-hydroxylation sites is 1. The van der Waals surface area contributed by atoms with Gasteiger partial charge in [0, 0.05) is 43.9 Å². The average Bonchev–Trinajstić information content (AvgIpc) is 2.71. The highest BCUT2D eigenvalue weighted by atomic mass is 16.5. The number of aliphatic hydroxyl groups excluding tert-OH is 1. The molecule has 27 heavy (non-hydrogen) atoms. The predicted octanol–water partition coefficient (Wildman–Crippen LogP) is 1.69. The Bertz CT molecular complexity index is 814. The number of hydrogen-bond donors (Lipinski definition) is 1. The highest BCUT2D eigenvalue weighted by molar-refractivity contribution is 5.97. The summed E-state index contributed by atoms with van der Waals surface area (Å²) >= 11 is 0. The fourth-order valence-electron chi connectivity index (χ4n) is 3.72. The number of anilines is 1. The van der Waals surface area contributed by atoms with Crippen molar-refractivity contribution < 1.29 is 14.6 Å². The molecule has 1 aliphatic carbocycles. The number of piperazine rings is 1. The van der Waals surface area contributed by atoms with E-state index in [1.807, 2.05) is 29.2 Å². The molecule has 1 saturated carbocycles. The van der Waals surface area contributed by atoms with Gasteiger partial charge in [-0.2, -0.15) is 0 Å². The van der Waals surface area contributed by atoms with Crippen LogP contribution in [-0.2, 0) is 0 Å². The molecule has 1 amide bonds. The van der Waals surface area contributed by atoms with Crippen molar-refractivity contribution in [1.29, 1.82) is 0 Å². The third-order valence-electron chi connectivity index (χ3n) is 5.43. The van der Waals surface area contributed by atoms with Crippen molar-refractivity contribution in [3.05, 3.63) is 47.9 Å². The Morgan fingerprint density at radius 3 is 2.59 bits per heavy atom. The van der Waals surface area contributed by atoms with Crippen LogP contribution in [0.3, 0.4) is 0 Å². The highest BCUT2D eigenvalue weighted by Crippen LogP contribution is 2.36. The predicted molar refractivity (Wildman–Crippen MR) is 101 cm³/mol. The lowest BCUT2D eigenvalue weighted by Gasteiger charge is -2.36. The Balaban J connectivity index is 1.40. The van der Waals surface area contributed by atoms with E-state index in [0.29, 0.717) is 30.3 Å². The van der Waals surface area contributed by atoms with Crippen LogP contribution in [-0.4, -0.2) is 65.3 Å². The lowest BCUT2D eigenvalue weighted by Crippen LogP contribution is -2.49. The molecule has 1 aromatic carbocycles. The molecule has 1 N–H and O–H groups in total. The quantitative estimate of drug-likeness (QED) is 0.885. The van der Waals surface area contributed by atoms with Crippen LogP contribution in [0.4, 0.5) is 5.82 Å². The Morgan fingerprint density at radius 2 is 1.89 bits per heavy atom. The summed E-state index contributed by atoms with van der Waals surface area (Å²) in [5, 5.41) is 9.51. The van der Waals surface area contributed by atoms with E-state index in [0.717, 1.165) is 37.4 Å². The van der Waals surface area contributed by atoms with Gasteiger partial charge in [0.25, 0.3) is 5.91 Å². The van der Waals surface area contributed by atoms with Crippen molar-refractivity contribution >= 4 is 11.7 Å². The van der Waals surface area contributed by atoms with Gasteiger partial charge in [0.1, 0.15) is 17.9 Å². The second kappa shape index (κ2) is 7.52. The number of hydrogen-bond acceptors (Lipinski definition) is 6. The molecule has 142 valence electrons. The molecule has 1 saturated heterocycles. The van der Waals surface area contributed by atoms with E-state index in [2.05, 4.69) is 14.9 Å². The number of ether oxygens (including phenoxy) is 1. The summed E-state index contributed by atoms with van der Waals surface area (Å²) in [5.41, 5.74) is 1.60. The van der Waals surface area contributed by atoms with Gasteiger partial charge >= 0.3 is 0 Å². The van der Waals surface area contributed by atoms with Crippen LogP contribution in [0, 0.1) is 0 Å². The normalized spacial score (nSPS) is 22.3. The minimum absolute atomic E-state index is 0.000989. The van der Waals surface area contributed by atoms with Gasteiger partial charge in [0.15, 0.2) is 0 Å². The third kappa shape index (κ3) is 3.60. The van der Waals surface area contributed by atoms with E-state index in [-0.39, 0.29) is 12.0 Å². The Hall–Kier alpha value is -2.67. The molecule has 0 spiro atoms. The molecule has 2 heterocycles. The standard InChI is InChI=1S/C20H24N4O3/c1-27-18-5-3-2-4-16(18)20(26)24-8-6-23(7-9-24)19-12-17(21-13-22-19)14-10-15(25)11-14/h2-5,12-15,25H,6-11H2,1H3. The zero-order valence-corrected chi connectivity index (χ0v) is 15.4. The minimum Gasteiger partial charge on any atom is -0.496 e. The fraction of sp³-hybridized carbons (Fsp3) is 0.450. The number of aromatic nitrogens is 2. The molecule has 2 fully saturated rings. The molecular weight excluding hydrogens is 344 g/mol. The van der Waals surface area contributed by atoms with Crippen molar-refractivity contribution in [3.63, 3.8) is 0 Å². The largest absolute Gasteiger partial charge is 0.496 e. The Kier molecular flexibility index (Phi) is 4.94. The van der Waals surface area contributed by atoms with Crippen LogP contribution in [0.15, 0.2) is 36.7 Å². The second-order valence-corrected chi connectivity index (χ2v) is 7.10. The number of carbonyl (C=O) groups excluding carboxylic acids is 1. The molecule has 7 heteroatoms. The van der Waals surface area contributed by atoms with Gasteiger partial charge in [-0.05, 0) is 25.0 Å². The average molecular weight is 368 g/mol. The summed E-state index contributed by atoms with van der Waals surface area (Å²) < 4.78 is 5.31. The molecule has 0 bridgehead atoms. The third-order valence-corrected chi connectivity index (χ3v) is 5.43. The lowest BCUT2D eigenvalue weighted by atomic mass is 9.80. The molecule has 2 aliphatic rings. The van der Waals surface area contributed by atoms with E-state index < -0.39 is 0 Å². The topological polar surface area (TPSA) is 78.8 Å². The first-order valence-corrected chi connectivity index (χ1v) is 9.33. The minimum atomic E-state index is -0.196. The first-order valence-electron chi connectivity index (χ1n) is 9.33. The molecule has 0 unspecified atom stereocenters. The molecule has 2 aromatic rings. The van der Waals surface area contributed by atoms with Gasteiger partial charge in [-0.25, -0.2) is 9.97 Å². The number of carbonyl (C=O) groups is 1. The number of aliphatic hydroxyl groups is 1.